The van der Waals surface area contributed by atoms with E-state index in [9.17, 15) is 12.8 Å². The standard InChI is InChI=1S/C8H12FN3O2S/c1-6(2)11-15(13,14)12-7-3-4-8(9)10-5-7/h3-6,11-12H,1-2H3. The van der Waals surface area contributed by atoms with Gasteiger partial charge in [0.1, 0.15) is 0 Å². The largest absolute Gasteiger partial charge is 0.299 e. The molecule has 0 fully saturated rings. The fourth-order valence-electron chi connectivity index (χ4n) is 0.931. The van der Waals surface area contributed by atoms with Crippen molar-refractivity contribution in [2.24, 2.45) is 0 Å². The van der Waals surface area contributed by atoms with Crippen molar-refractivity contribution < 1.29 is 12.8 Å². The molecule has 15 heavy (non-hydrogen) atoms. The molecule has 0 saturated heterocycles. The second-order valence-corrected chi connectivity index (χ2v) is 4.69. The molecule has 0 aromatic carbocycles. The highest BCUT2D eigenvalue weighted by molar-refractivity contribution is 7.90. The third-order valence-corrected chi connectivity index (χ3v) is 2.66. The van der Waals surface area contributed by atoms with Gasteiger partial charge in [-0.05, 0) is 26.0 Å². The maximum Gasteiger partial charge on any atom is 0.299 e. The fraction of sp³-hybridized carbons (Fsp3) is 0.375. The van der Waals surface area contributed by atoms with Crippen LogP contribution in [0.3, 0.4) is 0 Å². The Balaban J connectivity index is 2.73. The molecular weight excluding hydrogens is 221 g/mol. The van der Waals surface area contributed by atoms with Crippen molar-refractivity contribution in [2.45, 2.75) is 19.9 Å². The molecule has 1 rings (SSSR count). The van der Waals surface area contributed by atoms with E-state index >= 15 is 0 Å². The summed E-state index contributed by atoms with van der Waals surface area (Å²) in [6, 6.07) is 2.16. The molecule has 0 atom stereocenters. The van der Waals surface area contributed by atoms with Crippen molar-refractivity contribution in [3.05, 3.63) is 24.3 Å². The third-order valence-electron chi connectivity index (χ3n) is 1.37. The minimum absolute atomic E-state index is 0.212. The second-order valence-electron chi connectivity index (χ2n) is 3.25. The lowest BCUT2D eigenvalue weighted by molar-refractivity contribution is 0.574. The van der Waals surface area contributed by atoms with E-state index < -0.39 is 16.2 Å². The molecule has 0 radical (unpaired) electrons. The quantitative estimate of drug-likeness (QED) is 0.758. The average molecular weight is 233 g/mol. The lowest BCUT2D eigenvalue weighted by atomic mass is 10.4. The van der Waals surface area contributed by atoms with E-state index in [1.165, 1.54) is 6.07 Å². The number of hydrogen-bond donors (Lipinski definition) is 2. The molecule has 5 nitrogen and oxygen atoms in total. The zero-order chi connectivity index (χ0) is 11.5. The summed E-state index contributed by atoms with van der Waals surface area (Å²) in [6.45, 7) is 3.39. The van der Waals surface area contributed by atoms with Crippen LogP contribution in [0.2, 0.25) is 0 Å². The summed E-state index contributed by atoms with van der Waals surface area (Å²) in [5.41, 5.74) is 0.213. The number of pyridine rings is 1. The number of hydrogen-bond acceptors (Lipinski definition) is 3. The van der Waals surface area contributed by atoms with Crippen LogP contribution in [-0.2, 0) is 10.2 Å². The number of halogens is 1. The molecule has 7 heteroatoms. The van der Waals surface area contributed by atoms with Gasteiger partial charge in [-0.2, -0.15) is 17.5 Å². The Morgan fingerprint density at radius 3 is 2.53 bits per heavy atom. The molecule has 2 N–H and O–H groups in total. The first kappa shape index (κ1) is 11.9. The summed E-state index contributed by atoms with van der Waals surface area (Å²) < 4.78 is 39.7. The van der Waals surface area contributed by atoms with Gasteiger partial charge >= 0.3 is 0 Å². The molecule has 0 spiro atoms. The lowest BCUT2D eigenvalue weighted by Gasteiger charge is -2.10. The van der Waals surface area contributed by atoms with E-state index in [0.717, 1.165) is 12.3 Å². The Morgan fingerprint density at radius 2 is 2.07 bits per heavy atom. The minimum atomic E-state index is -3.61. The highest BCUT2D eigenvalue weighted by Crippen LogP contribution is 2.06. The van der Waals surface area contributed by atoms with Gasteiger partial charge < -0.3 is 0 Å². The fourth-order valence-corrected chi connectivity index (χ4v) is 2.04. The van der Waals surface area contributed by atoms with Crippen molar-refractivity contribution in [1.82, 2.24) is 9.71 Å². The van der Waals surface area contributed by atoms with Crippen LogP contribution in [0, 0.1) is 5.95 Å². The van der Waals surface area contributed by atoms with Gasteiger partial charge in [0.2, 0.25) is 5.95 Å². The van der Waals surface area contributed by atoms with E-state index in [1.54, 1.807) is 13.8 Å². The van der Waals surface area contributed by atoms with Gasteiger partial charge in [0.05, 0.1) is 11.9 Å². The molecule has 0 aliphatic carbocycles. The molecule has 84 valence electrons. The second kappa shape index (κ2) is 4.54. The van der Waals surface area contributed by atoms with Crippen molar-refractivity contribution in [3.63, 3.8) is 0 Å². The number of anilines is 1. The molecule has 1 aromatic heterocycles. The molecule has 1 heterocycles. The van der Waals surface area contributed by atoms with Gasteiger partial charge in [-0.3, -0.25) is 4.72 Å². The van der Waals surface area contributed by atoms with Gasteiger partial charge in [0, 0.05) is 6.04 Å². The summed E-state index contributed by atoms with van der Waals surface area (Å²) in [5.74, 6) is -0.658. The number of rotatable bonds is 4. The van der Waals surface area contributed by atoms with Crippen molar-refractivity contribution in [2.75, 3.05) is 4.72 Å². The van der Waals surface area contributed by atoms with Gasteiger partial charge in [-0.15, -0.1) is 0 Å². The Hall–Kier alpha value is -1.21. The van der Waals surface area contributed by atoms with E-state index in [1.807, 2.05) is 0 Å². The molecule has 0 aliphatic heterocycles. The highest BCUT2D eigenvalue weighted by atomic mass is 32.2. The smallest absolute Gasteiger partial charge is 0.270 e. The third kappa shape index (κ3) is 4.22. The number of aromatic nitrogens is 1. The monoisotopic (exact) mass is 233 g/mol. The molecule has 0 aliphatic rings. The van der Waals surface area contributed by atoms with E-state index in [0.29, 0.717) is 0 Å². The van der Waals surface area contributed by atoms with Crippen molar-refractivity contribution in [3.8, 4) is 0 Å². The highest BCUT2D eigenvalue weighted by Gasteiger charge is 2.11. The maximum atomic E-state index is 12.4. The summed E-state index contributed by atoms with van der Waals surface area (Å²) in [6.07, 6.45) is 1.11. The van der Waals surface area contributed by atoms with E-state index in [4.69, 9.17) is 0 Å². The van der Waals surface area contributed by atoms with Gasteiger partial charge in [-0.25, -0.2) is 4.98 Å². The van der Waals surface area contributed by atoms with Gasteiger partial charge in [0.25, 0.3) is 10.2 Å². The number of nitrogens with zero attached hydrogens (tertiary/aromatic N) is 1. The lowest BCUT2D eigenvalue weighted by Crippen LogP contribution is -2.35. The molecule has 0 unspecified atom stereocenters. The topological polar surface area (TPSA) is 71.1 Å². The Bertz CT molecular complexity index is 416. The summed E-state index contributed by atoms with van der Waals surface area (Å²) in [7, 11) is -3.61. The van der Waals surface area contributed by atoms with E-state index in [2.05, 4.69) is 14.4 Å². The van der Waals surface area contributed by atoms with Crippen LogP contribution in [0.5, 0.6) is 0 Å². The molecule has 0 bridgehead atoms. The molecule has 0 amide bonds. The first-order valence-corrected chi connectivity index (χ1v) is 5.79. The average Bonchev–Trinajstić information content (AvgIpc) is 2.06. The van der Waals surface area contributed by atoms with Crippen LogP contribution in [0.1, 0.15) is 13.8 Å². The summed E-state index contributed by atoms with van der Waals surface area (Å²) in [4.78, 5) is 3.32. The van der Waals surface area contributed by atoms with Crippen LogP contribution < -0.4 is 9.44 Å². The van der Waals surface area contributed by atoms with Crippen LogP contribution in [0.15, 0.2) is 18.3 Å². The normalized spacial score (nSPS) is 11.7. The first-order valence-electron chi connectivity index (χ1n) is 4.31. The SMILES string of the molecule is CC(C)NS(=O)(=O)Nc1ccc(F)nc1. The number of nitrogens with one attached hydrogen (secondary N) is 2. The van der Waals surface area contributed by atoms with Gasteiger partial charge in [0.15, 0.2) is 0 Å². The predicted octanol–water partition coefficient (Wildman–Crippen LogP) is 0.875. The van der Waals surface area contributed by atoms with Crippen LogP contribution in [0.25, 0.3) is 0 Å². The zero-order valence-electron chi connectivity index (χ0n) is 8.36. The van der Waals surface area contributed by atoms with Crippen LogP contribution >= 0.6 is 0 Å². The Labute approximate surface area is 87.9 Å². The van der Waals surface area contributed by atoms with Gasteiger partial charge in [-0.1, -0.05) is 0 Å². The minimum Gasteiger partial charge on any atom is -0.270 e. The van der Waals surface area contributed by atoms with Crippen molar-refractivity contribution in [1.29, 1.82) is 0 Å². The van der Waals surface area contributed by atoms with Crippen molar-refractivity contribution >= 4 is 15.9 Å². The predicted molar refractivity (Wildman–Crippen MR) is 55.0 cm³/mol. The summed E-state index contributed by atoms with van der Waals surface area (Å²) >= 11 is 0. The Kier molecular flexibility index (Phi) is 3.59. The zero-order valence-corrected chi connectivity index (χ0v) is 9.18. The van der Waals surface area contributed by atoms with Crippen LogP contribution in [0.4, 0.5) is 10.1 Å². The maximum absolute atomic E-state index is 12.4. The van der Waals surface area contributed by atoms with E-state index in [-0.39, 0.29) is 11.7 Å². The summed E-state index contributed by atoms with van der Waals surface area (Å²) in [5, 5.41) is 0. The Morgan fingerprint density at radius 1 is 1.40 bits per heavy atom. The first-order chi connectivity index (χ1) is 6.89. The molecule has 1 aromatic rings. The molecular formula is C8H12FN3O2S. The molecule has 0 saturated carbocycles. The van der Waals surface area contributed by atoms with Crippen LogP contribution in [-0.4, -0.2) is 19.4 Å².